The largest absolute Gasteiger partial charge is 0.507 e. The number of nitrogens with one attached hydrogen (secondary N) is 2. The number of phenols is 1. The lowest BCUT2D eigenvalue weighted by molar-refractivity contribution is -0.118. The van der Waals surface area contributed by atoms with Crippen molar-refractivity contribution >= 4 is 40.3 Å². The molecule has 0 aliphatic rings. The predicted octanol–water partition coefficient (Wildman–Crippen LogP) is 5.89. The van der Waals surface area contributed by atoms with Crippen LogP contribution in [0.4, 0.5) is 10.5 Å². The number of rotatable bonds is 6. The van der Waals surface area contributed by atoms with E-state index in [1.807, 2.05) is 30.3 Å². The van der Waals surface area contributed by atoms with Crippen molar-refractivity contribution in [3.63, 3.8) is 0 Å². The Morgan fingerprint density at radius 3 is 2.39 bits per heavy atom. The van der Waals surface area contributed by atoms with E-state index in [1.54, 1.807) is 45.0 Å². The van der Waals surface area contributed by atoms with Crippen LogP contribution in [0.2, 0.25) is 5.02 Å². The number of hydrogen-bond acceptors (Lipinski definition) is 6. The number of phenolic OH excluding ortho intramolecular Hbond substituents is 1. The summed E-state index contributed by atoms with van der Waals surface area (Å²) < 4.78 is 11.3. The Morgan fingerprint density at radius 2 is 1.71 bits per heavy atom. The zero-order chi connectivity index (χ0) is 27.4. The fourth-order valence-corrected chi connectivity index (χ4v) is 4.10. The standard InChI is InChI=1S/C29H27ClN2O6/c1-29(2,3)38-28(36)32-21(15-17-9-5-4-6-10-17)27(35)31-20-13-14-22(33)25-23(34)16-24(37-26(20)25)18-11-7-8-12-19(18)30/h4-14,16,21,33H,15H2,1-3H3,(H,31,35)(H,32,36)/t21-/m0/s1. The molecule has 0 radical (unpaired) electrons. The molecule has 0 spiro atoms. The number of ether oxygens (including phenoxy) is 1. The highest BCUT2D eigenvalue weighted by Crippen LogP contribution is 2.34. The van der Waals surface area contributed by atoms with E-state index < -0.39 is 29.1 Å². The van der Waals surface area contributed by atoms with Crippen molar-refractivity contribution < 1.29 is 23.8 Å². The SMILES string of the molecule is CC(C)(C)OC(=O)N[C@@H](Cc1ccccc1)C(=O)Nc1ccc(O)c2c(=O)cc(-c3ccccc3Cl)oc12. The van der Waals surface area contributed by atoms with Crippen LogP contribution in [0, 0.1) is 0 Å². The second-order valence-corrected chi connectivity index (χ2v) is 10.1. The van der Waals surface area contributed by atoms with Crippen molar-refractivity contribution in [3.8, 4) is 17.1 Å². The van der Waals surface area contributed by atoms with E-state index in [4.69, 9.17) is 20.8 Å². The first-order valence-electron chi connectivity index (χ1n) is 11.9. The van der Waals surface area contributed by atoms with E-state index in [1.165, 1.54) is 18.2 Å². The van der Waals surface area contributed by atoms with Gasteiger partial charge in [-0.15, -0.1) is 0 Å². The van der Waals surface area contributed by atoms with Crippen LogP contribution in [0.5, 0.6) is 5.75 Å². The molecular weight excluding hydrogens is 508 g/mol. The molecule has 196 valence electrons. The summed E-state index contributed by atoms with van der Waals surface area (Å²) in [6, 6.07) is 18.9. The molecule has 0 bridgehead atoms. The average molecular weight is 535 g/mol. The van der Waals surface area contributed by atoms with E-state index in [-0.39, 0.29) is 34.6 Å². The highest BCUT2D eigenvalue weighted by molar-refractivity contribution is 6.33. The fraction of sp³-hybridized carbons (Fsp3) is 0.207. The van der Waals surface area contributed by atoms with Crippen molar-refractivity contribution in [2.24, 2.45) is 0 Å². The Bertz CT molecular complexity index is 1540. The Labute approximate surface area is 224 Å². The Kier molecular flexibility index (Phi) is 7.73. The molecule has 1 atom stereocenters. The summed E-state index contributed by atoms with van der Waals surface area (Å²) in [7, 11) is 0. The Hall–Kier alpha value is -4.30. The maximum absolute atomic E-state index is 13.5. The van der Waals surface area contributed by atoms with Gasteiger partial charge in [-0.2, -0.15) is 0 Å². The minimum absolute atomic E-state index is 0.0310. The van der Waals surface area contributed by atoms with Crippen molar-refractivity contribution in [2.45, 2.75) is 38.8 Å². The van der Waals surface area contributed by atoms with Crippen LogP contribution < -0.4 is 16.1 Å². The van der Waals surface area contributed by atoms with Crippen LogP contribution >= 0.6 is 11.6 Å². The first-order valence-corrected chi connectivity index (χ1v) is 12.3. The lowest BCUT2D eigenvalue weighted by Crippen LogP contribution is -2.47. The number of aromatic hydroxyl groups is 1. The number of fused-ring (bicyclic) bond motifs is 1. The third kappa shape index (κ3) is 6.33. The second kappa shape index (κ2) is 11.0. The molecule has 2 amide bonds. The Morgan fingerprint density at radius 1 is 1.03 bits per heavy atom. The van der Waals surface area contributed by atoms with Crippen LogP contribution in [0.25, 0.3) is 22.3 Å². The molecule has 0 fully saturated rings. The number of amides is 2. The third-order valence-corrected chi connectivity index (χ3v) is 5.87. The van der Waals surface area contributed by atoms with Gasteiger partial charge in [-0.25, -0.2) is 4.79 Å². The van der Waals surface area contributed by atoms with Crippen LogP contribution in [0.3, 0.4) is 0 Å². The van der Waals surface area contributed by atoms with Gasteiger partial charge in [0.1, 0.15) is 28.5 Å². The molecule has 0 unspecified atom stereocenters. The summed E-state index contributed by atoms with van der Waals surface area (Å²) in [5.41, 5.74) is 0.120. The van der Waals surface area contributed by atoms with Crippen molar-refractivity contribution in [1.29, 1.82) is 0 Å². The van der Waals surface area contributed by atoms with Gasteiger partial charge in [-0.05, 0) is 50.6 Å². The molecule has 0 aliphatic carbocycles. The highest BCUT2D eigenvalue weighted by Gasteiger charge is 2.26. The number of anilines is 1. The zero-order valence-electron chi connectivity index (χ0n) is 21.1. The second-order valence-electron chi connectivity index (χ2n) is 9.67. The van der Waals surface area contributed by atoms with Gasteiger partial charge in [0, 0.05) is 18.1 Å². The zero-order valence-corrected chi connectivity index (χ0v) is 21.8. The first-order chi connectivity index (χ1) is 18.0. The number of halogens is 1. The lowest BCUT2D eigenvalue weighted by Gasteiger charge is -2.23. The molecule has 0 aliphatic heterocycles. The minimum Gasteiger partial charge on any atom is -0.507 e. The van der Waals surface area contributed by atoms with Gasteiger partial charge in [0.2, 0.25) is 5.91 Å². The number of hydrogen-bond donors (Lipinski definition) is 3. The molecule has 3 aromatic carbocycles. The lowest BCUT2D eigenvalue weighted by atomic mass is 10.0. The van der Waals surface area contributed by atoms with Gasteiger partial charge >= 0.3 is 6.09 Å². The van der Waals surface area contributed by atoms with E-state index in [0.717, 1.165) is 5.56 Å². The van der Waals surface area contributed by atoms with E-state index >= 15 is 0 Å². The molecular formula is C29H27ClN2O6. The maximum atomic E-state index is 13.5. The van der Waals surface area contributed by atoms with E-state index in [0.29, 0.717) is 10.6 Å². The molecule has 1 heterocycles. The minimum atomic E-state index is -1.02. The van der Waals surface area contributed by atoms with Gasteiger partial charge in [0.05, 0.1) is 10.7 Å². The molecule has 9 heteroatoms. The summed E-state index contributed by atoms with van der Waals surface area (Å²) in [6.45, 7) is 5.17. The van der Waals surface area contributed by atoms with Gasteiger partial charge in [0.15, 0.2) is 11.0 Å². The van der Waals surface area contributed by atoms with E-state index in [9.17, 15) is 19.5 Å². The molecule has 0 saturated carbocycles. The number of benzene rings is 3. The third-order valence-electron chi connectivity index (χ3n) is 5.54. The normalized spacial score (nSPS) is 12.1. The van der Waals surface area contributed by atoms with Crippen LogP contribution in [-0.4, -0.2) is 28.7 Å². The fourth-order valence-electron chi connectivity index (χ4n) is 3.87. The van der Waals surface area contributed by atoms with Crippen molar-refractivity contribution in [1.82, 2.24) is 5.32 Å². The number of carbonyl (C=O) groups excluding carboxylic acids is 2. The van der Waals surface area contributed by atoms with Gasteiger partial charge in [-0.3, -0.25) is 9.59 Å². The van der Waals surface area contributed by atoms with Crippen LogP contribution in [-0.2, 0) is 16.0 Å². The van der Waals surface area contributed by atoms with E-state index in [2.05, 4.69) is 10.6 Å². The summed E-state index contributed by atoms with van der Waals surface area (Å²) in [5, 5.41) is 16.0. The first kappa shape index (κ1) is 26.8. The molecule has 4 aromatic rings. The maximum Gasteiger partial charge on any atom is 0.408 e. The van der Waals surface area contributed by atoms with Gasteiger partial charge < -0.3 is 24.9 Å². The van der Waals surface area contributed by atoms with Crippen LogP contribution in [0.1, 0.15) is 26.3 Å². The molecule has 3 N–H and O–H groups in total. The summed E-state index contributed by atoms with van der Waals surface area (Å²) >= 11 is 6.30. The number of carbonyl (C=O) groups is 2. The summed E-state index contributed by atoms with van der Waals surface area (Å²) in [5.74, 6) is -0.704. The highest BCUT2D eigenvalue weighted by atomic mass is 35.5. The van der Waals surface area contributed by atoms with Crippen molar-refractivity contribution in [3.05, 3.63) is 93.6 Å². The summed E-state index contributed by atoms with van der Waals surface area (Å²) in [6.07, 6.45) is -0.576. The summed E-state index contributed by atoms with van der Waals surface area (Å²) in [4.78, 5) is 38.9. The quantitative estimate of drug-likeness (QED) is 0.265. The molecule has 1 aromatic heterocycles. The van der Waals surface area contributed by atoms with Crippen molar-refractivity contribution in [2.75, 3.05) is 5.32 Å². The molecule has 38 heavy (non-hydrogen) atoms. The van der Waals surface area contributed by atoms with Crippen LogP contribution in [0.15, 0.2) is 82.0 Å². The predicted molar refractivity (Wildman–Crippen MR) is 147 cm³/mol. The van der Waals surface area contributed by atoms with Gasteiger partial charge in [-0.1, -0.05) is 54.1 Å². The number of alkyl carbamates (subject to hydrolysis) is 1. The Balaban J connectivity index is 1.72. The monoisotopic (exact) mass is 534 g/mol. The van der Waals surface area contributed by atoms with Gasteiger partial charge in [0.25, 0.3) is 0 Å². The molecule has 4 rings (SSSR count). The smallest absolute Gasteiger partial charge is 0.408 e. The molecule has 8 nitrogen and oxygen atoms in total. The molecule has 0 saturated heterocycles. The topological polar surface area (TPSA) is 118 Å². The average Bonchev–Trinajstić information content (AvgIpc) is 2.85.